The number of aliphatic hydroxyl groups excluding tert-OH is 1. The van der Waals surface area contributed by atoms with Crippen molar-refractivity contribution in [3.8, 4) is 0 Å². The first-order chi connectivity index (χ1) is 7.18. The first-order valence-electron chi connectivity index (χ1n) is 5.56. The van der Waals surface area contributed by atoms with Gasteiger partial charge in [0.2, 0.25) is 0 Å². The Hall–Kier alpha value is -0.870. The van der Waals surface area contributed by atoms with Crippen LogP contribution in [0.4, 0.5) is 0 Å². The van der Waals surface area contributed by atoms with Gasteiger partial charge < -0.3 is 14.6 Å². The lowest BCUT2D eigenvalue weighted by Gasteiger charge is -2.23. The number of aliphatic hydroxyl groups is 1. The van der Waals surface area contributed by atoms with Crippen molar-refractivity contribution in [2.45, 2.75) is 31.9 Å². The van der Waals surface area contributed by atoms with Crippen LogP contribution in [-0.4, -0.2) is 40.2 Å². The van der Waals surface area contributed by atoms with Gasteiger partial charge in [-0.1, -0.05) is 0 Å². The van der Waals surface area contributed by atoms with Gasteiger partial charge in [0.15, 0.2) is 0 Å². The van der Waals surface area contributed by atoms with Gasteiger partial charge in [-0.25, -0.2) is 4.98 Å². The molecule has 0 aliphatic carbocycles. The van der Waals surface area contributed by atoms with E-state index in [1.54, 1.807) is 0 Å². The smallest absolute Gasteiger partial charge is 0.132 e. The fraction of sp³-hybridized carbons (Fsp3) is 0.727. The van der Waals surface area contributed by atoms with Gasteiger partial charge in [0, 0.05) is 24.9 Å². The Balaban J connectivity index is 2.14. The molecule has 1 aliphatic rings. The molecule has 1 unspecified atom stereocenters. The Morgan fingerprint density at radius 1 is 1.60 bits per heavy atom. The van der Waals surface area contributed by atoms with E-state index in [9.17, 15) is 5.11 Å². The van der Waals surface area contributed by atoms with Gasteiger partial charge in [0.1, 0.15) is 12.1 Å². The molecular weight excluding hydrogens is 190 g/mol. The lowest BCUT2D eigenvalue weighted by molar-refractivity contribution is 0.0755. The van der Waals surface area contributed by atoms with E-state index in [1.807, 2.05) is 10.8 Å². The van der Waals surface area contributed by atoms with E-state index in [2.05, 4.69) is 24.0 Å². The summed E-state index contributed by atoms with van der Waals surface area (Å²) in [5.41, 5.74) is 1.18. The number of imidazole rings is 1. The van der Waals surface area contributed by atoms with E-state index < -0.39 is 0 Å². The molecule has 1 atom stereocenters. The van der Waals surface area contributed by atoms with Gasteiger partial charge in [-0.15, -0.1) is 0 Å². The van der Waals surface area contributed by atoms with Gasteiger partial charge in [0.25, 0.3) is 0 Å². The standard InChI is InChI=1S/C11H19N3O/c1-13(2)7-6-10-12-8-9-4-3-5-11(15)14(9)10/h8,11,15H,3-7H2,1-2H3. The molecule has 0 aromatic carbocycles. The summed E-state index contributed by atoms with van der Waals surface area (Å²) in [6.45, 7) is 0.975. The SMILES string of the molecule is CN(C)CCc1ncc2n1C(O)CCC2. The molecular formula is C11H19N3O. The second kappa shape index (κ2) is 4.33. The van der Waals surface area contributed by atoms with Crippen molar-refractivity contribution in [2.24, 2.45) is 0 Å². The molecule has 1 aliphatic heterocycles. The third-order valence-electron chi connectivity index (χ3n) is 2.93. The number of aromatic nitrogens is 2. The van der Waals surface area contributed by atoms with Crippen molar-refractivity contribution in [1.82, 2.24) is 14.5 Å². The minimum atomic E-state index is -0.353. The van der Waals surface area contributed by atoms with Crippen LogP contribution in [0.25, 0.3) is 0 Å². The quantitative estimate of drug-likeness (QED) is 0.801. The Labute approximate surface area is 90.5 Å². The number of rotatable bonds is 3. The number of aryl methyl sites for hydroxylation is 1. The van der Waals surface area contributed by atoms with Crippen molar-refractivity contribution < 1.29 is 5.11 Å². The summed E-state index contributed by atoms with van der Waals surface area (Å²) in [6.07, 6.45) is 5.44. The first-order valence-corrected chi connectivity index (χ1v) is 5.56. The van der Waals surface area contributed by atoms with Crippen LogP contribution in [0.15, 0.2) is 6.20 Å². The Morgan fingerprint density at radius 2 is 2.40 bits per heavy atom. The van der Waals surface area contributed by atoms with Crippen LogP contribution in [0.1, 0.15) is 30.6 Å². The maximum absolute atomic E-state index is 9.91. The highest BCUT2D eigenvalue weighted by Gasteiger charge is 2.20. The van der Waals surface area contributed by atoms with E-state index in [4.69, 9.17) is 0 Å². The molecule has 2 rings (SSSR count). The van der Waals surface area contributed by atoms with Crippen LogP contribution >= 0.6 is 0 Å². The summed E-state index contributed by atoms with van der Waals surface area (Å²) in [5.74, 6) is 1.02. The average Bonchev–Trinajstić information content (AvgIpc) is 2.59. The Kier molecular flexibility index (Phi) is 3.07. The lowest BCUT2D eigenvalue weighted by Crippen LogP contribution is -2.22. The van der Waals surface area contributed by atoms with Crippen LogP contribution in [0, 0.1) is 0 Å². The fourth-order valence-corrected chi connectivity index (χ4v) is 2.09. The number of likely N-dealkylation sites (N-methyl/N-ethyl adjacent to an activating group) is 1. The van der Waals surface area contributed by atoms with Gasteiger partial charge in [0.05, 0.1) is 0 Å². The van der Waals surface area contributed by atoms with Gasteiger partial charge in [-0.05, 0) is 33.4 Å². The van der Waals surface area contributed by atoms with Gasteiger partial charge in [-0.3, -0.25) is 0 Å². The minimum Gasteiger partial charge on any atom is -0.373 e. The zero-order valence-corrected chi connectivity index (χ0v) is 9.48. The molecule has 0 radical (unpaired) electrons. The molecule has 84 valence electrons. The largest absolute Gasteiger partial charge is 0.373 e. The van der Waals surface area contributed by atoms with Crippen molar-refractivity contribution in [2.75, 3.05) is 20.6 Å². The van der Waals surface area contributed by atoms with Crippen molar-refractivity contribution in [3.05, 3.63) is 17.7 Å². The van der Waals surface area contributed by atoms with Crippen molar-refractivity contribution in [3.63, 3.8) is 0 Å². The molecule has 0 spiro atoms. The van der Waals surface area contributed by atoms with E-state index in [-0.39, 0.29) is 6.23 Å². The summed E-state index contributed by atoms with van der Waals surface area (Å²) < 4.78 is 2.01. The molecule has 15 heavy (non-hydrogen) atoms. The predicted octanol–water partition coefficient (Wildman–Crippen LogP) is 0.814. The summed E-state index contributed by atoms with van der Waals surface area (Å²) in [6, 6.07) is 0. The summed E-state index contributed by atoms with van der Waals surface area (Å²) in [5, 5.41) is 9.91. The van der Waals surface area contributed by atoms with Crippen LogP contribution < -0.4 is 0 Å². The van der Waals surface area contributed by atoms with E-state index in [1.165, 1.54) is 5.69 Å². The minimum absolute atomic E-state index is 0.353. The molecule has 4 nitrogen and oxygen atoms in total. The monoisotopic (exact) mass is 209 g/mol. The lowest BCUT2D eigenvalue weighted by atomic mass is 10.1. The summed E-state index contributed by atoms with van der Waals surface area (Å²) in [7, 11) is 4.10. The highest BCUT2D eigenvalue weighted by molar-refractivity contribution is 5.09. The predicted molar refractivity (Wildman–Crippen MR) is 58.7 cm³/mol. The molecule has 4 heteroatoms. The summed E-state index contributed by atoms with van der Waals surface area (Å²) >= 11 is 0. The normalized spacial score (nSPS) is 20.7. The molecule has 0 saturated carbocycles. The molecule has 0 saturated heterocycles. The van der Waals surface area contributed by atoms with Crippen LogP contribution in [-0.2, 0) is 12.8 Å². The maximum Gasteiger partial charge on any atom is 0.132 e. The topological polar surface area (TPSA) is 41.3 Å². The molecule has 1 aromatic heterocycles. The molecule has 1 aromatic rings. The Bertz CT molecular complexity index is 333. The molecule has 1 N–H and O–H groups in total. The van der Waals surface area contributed by atoms with Gasteiger partial charge >= 0.3 is 0 Å². The zero-order chi connectivity index (χ0) is 10.8. The Morgan fingerprint density at radius 3 is 3.13 bits per heavy atom. The van der Waals surface area contributed by atoms with E-state index in [0.717, 1.165) is 38.1 Å². The van der Waals surface area contributed by atoms with Crippen LogP contribution in [0.2, 0.25) is 0 Å². The number of fused-ring (bicyclic) bond motifs is 1. The molecule has 0 amide bonds. The molecule has 0 fully saturated rings. The highest BCUT2D eigenvalue weighted by atomic mass is 16.3. The van der Waals surface area contributed by atoms with Crippen LogP contribution in [0.5, 0.6) is 0 Å². The maximum atomic E-state index is 9.91. The third-order valence-corrected chi connectivity index (χ3v) is 2.93. The number of nitrogens with zero attached hydrogens (tertiary/aromatic N) is 3. The van der Waals surface area contributed by atoms with E-state index in [0.29, 0.717) is 0 Å². The third kappa shape index (κ3) is 2.21. The second-order valence-electron chi connectivity index (χ2n) is 4.46. The molecule has 0 bridgehead atoms. The first kappa shape index (κ1) is 10.6. The number of hydrogen-bond acceptors (Lipinski definition) is 3. The average molecular weight is 209 g/mol. The van der Waals surface area contributed by atoms with Crippen LogP contribution in [0.3, 0.4) is 0 Å². The second-order valence-corrected chi connectivity index (χ2v) is 4.46. The molecule has 2 heterocycles. The van der Waals surface area contributed by atoms with Crippen molar-refractivity contribution in [1.29, 1.82) is 0 Å². The number of hydrogen-bond donors (Lipinski definition) is 1. The van der Waals surface area contributed by atoms with Crippen molar-refractivity contribution >= 4 is 0 Å². The highest BCUT2D eigenvalue weighted by Crippen LogP contribution is 2.24. The van der Waals surface area contributed by atoms with E-state index >= 15 is 0 Å². The zero-order valence-electron chi connectivity index (χ0n) is 9.48. The summed E-state index contributed by atoms with van der Waals surface area (Å²) in [4.78, 5) is 6.53. The fourth-order valence-electron chi connectivity index (χ4n) is 2.09. The van der Waals surface area contributed by atoms with Gasteiger partial charge in [-0.2, -0.15) is 0 Å².